The van der Waals surface area contributed by atoms with Crippen molar-refractivity contribution >= 4 is 0 Å². The predicted octanol–water partition coefficient (Wildman–Crippen LogP) is 0.0891. The number of benzene rings is 1. The van der Waals surface area contributed by atoms with Gasteiger partial charge >= 0.3 is 0 Å². The first-order chi connectivity index (χ1) is 9.13. The molecule has 0 aliphatic carbocycles. The quantitative estimate of drug-likeness (QED) is 0.610. The van der Waals surface area contributed by atoms with E-state index < -0.39 is 24.9 Å². The van der Waals surface area contributed by atoms with Gasteiger partial charge in [-0.1, -0.05) is 35.5 Å². The lowest BCUT2D eigenvalue weighted by Crippen LogP contribution is -2.34. The molecule has 2 aromatic rings. The SMILES string of the molecule is OC[C@@H](O)[C@H](O)[C@H](O)c1cc(-c2ccccc2)no1. The highest BCUT2D eigenvalue weighted by molar-refractivity contribution is 5.58. The van der Waals surface area contributed by atoms with Crippen molar-refractivity contribution in [2.75, 3.05) is 6.61 Å². The standard InChI is InChI=1S/C13H15NO5/c15-7-10(16)12(17)13(18)11-6-9(14-19-11)8-4-2-1-3-5-8/h1-6,10,12-13,15-18H,7H2/t10-,12+,13-/m1/s1. The summed E-state index contributed by atoms with van der Waals surface area (Å²) in [7, 11) is 0. The van der Waals surface area contributed by atoms with E-state index in [1.165, 1.54) is 6.07 Å². The van der Waals surface area contributed by atoms with Crippen molar-refractivity contribution in [3.05, 3.63) is 42.2 Å². The summed E-state index contributed by atoms with van der Waals surface area (Å²) >= 11 is 0. The molecule has 0 radical (unpaired) electrons. The molecule has 0 spiro atoms. The molecule has 19 heavy (non-hydrogen) atoms. The Morgan fingerprint density at radius 1 is 1.11 bits per heavy atom. The Labute approximate surface area is 109 Å². The van der Waals surface area contributed by atoms with E-state index in [4.69, 9.17) is 9.63 Å². The molecule has 0 saturated carbocycles. The van der Waals surface area contributed by atoms with Crippen molar-refractivity contribution in [3.8, 4) is 11.3 Å². The van der Waals surface area contributed by atoms with Gasteiger partial charge in [-0.3, -0.25) is 0 Å². The largest absolute Gasteiger partial charge is 0.394 e. The van der Waals surface area contributed by atoms with E-state index in [1.54, 1.807) is 0 Å². The van der Waals surface area contributed by atoms with E-state index in [2.05, 4.69) is 5.16 Å². The van der Waals surface area contributed by atoms with Crippen molar-refractivity contribution in [1.29, 1.82) is 0 Å². The van der Waals surface area contributed by atoms with Gasteiger partial charge in [0.2, 0.25) is 0 Å². The molecule has 4 N–H and O–H groups in total. The molecule has 0 amide bonds. The van der Waals surface area contributed by atoms with Crippen LogP contribution in [-0.4, -0.2) is 44.4 Å². The minimum Gasteiger partial charge on any atom is -0.394 e. The Kier molecular flexibility index (Phi) is 4.28. The molecule has 1 heterocycles. The van der Waals surface area contributed by atoms with Gasteiger partial charge in [0, 0.05) is 11.6 Å². The molecule has 1 aromatic carbocycles. The Bertz CT molecular complexity index is 513. The van der Waals surface area contributed by atoms with Crippen LogP contribution >= 0.6 is 0 Å². The van der Waals surface area contributed by atoms with Crippen LogP contribution in [0.15, 0.2) is 40.9 Å². The van der Waals surface area contributed by atoms with Gasteiger partial charge in [-0.15, -0.1) is 0 Å². The summed E-state index contributed by atoms with van der Waals surface area (Å²) < 4.78 is 4.94. The maximum absolute atomic E-state index is 9.80. The van der Waals surface area contributed by atoms with E-state index in [9.17, 15) is 15.3 Å². The van der Waals surface area contributed by atoms with E-state index in [0.717, 1.165) is 5.56 Å². The van der Waals surface area contributed by atoms with Gasteiger partial charge in [0.1, 0.15) is 24.0 Å². The summed E-state index contributed by atoms with van der Waals surface area (Å²) in [6, 6.07) is 10.7. The van der Waals surface area contributed by atoms with Crippen LogP contribution in [0.25, 0.3) is 11.3 Å². The van der Waals surface area contributed by atoms with Gasteiger partial charge in [-0.05, 0) is 0 Å². The maximum atomic E-state index is 9.80. The third-order valence-electron chi connectivity index (χ3n) is 2.79. The Hall–Kier alpha value is -1.73. The van der Waals surface area contributed by atoms with Crippen molar-refractivity contribution in [1.82, 2.24) is 5.16 Å². The summed E-state index contributed by atoms with van der Waals surface area (Å²) in [6.45, 7) is -0.655. The molecular formula is C13H15NO5. The molecule has 2 rings (SSSR count). The minimum absolute atomic E-state index is 0.0267. The molecule has 0 bridgehead atoms. The highest BCUT2D eigenvalue weighted by Crippen LogP contribution is 2.25. The van der Waals surface area contributed by atoms with Crippen LogP contribution in [0.4, 0.5) is 0 Å². The summed E-state index contributed by atoms with van der Waals surface area (Å²) in [6.07, 6.45) is -4.44. The second kappa shape index (κ2) is 5.94. The molecule has 1 aromatic heterocycles. The number of aliphatic hydroxyl groups is 4. The van der Waals surface area contributed by atoms with E-state index in [1.807, 2.05) is 30.3 Å². The monoisotopic (exact) mass is 265 g/mol. The highest BCUT2D eigenvalue weighted by Gasteiger charge is 2.28. The summed E-state index contributed by atoms with van der Waals surface area (Å²) in [5, 5.41) is 41.1. The van der Waals surface area contributed by atoms with Gasteiger partial charge in [-0.25, -0.2) is 0 Å². The fraction of sp³-hybridized carbons (Fsp3) is 0.308. The van der Waals surface area contributed by atoms with Gasteiger partial charge < -0.3 is 24.9 Å². The first-order valence-corrected chi connectivity index (χ1v) is 5.80. The average molecular weight is 265 g/mol. The van der Waals surface area contributed by atoms with Gasteiger partial charge in [0.05, 0.1) is 6.61 Å². The number of nitrogens with zero attached hydrogens (tertiary/aromatic N) is 1. The molecule has 0 fully saturated rings. The molecule has 6 nitrogen and oxygen atoms in total. The van der Waals surface area contributed by atoms with Crippen LogP contribution in [-0.2, 0) is 0 Å². The predicted molar refractivity (Wildman–Crippen MR) is 66.0 cm³/mol. The molecule has 0 aliphatic rings. The van der Waals surface area contributed by atoms with Crippen LogP contribution in [0.5, 0.6) is 0 Å². The Morgan fingerprint density at radius 3 is 2.42 bits per heavy atom. The topological polar surface area (TPSA) is 107 Å². The summed E-state index contributed by atoms with van der Waals surface area (Å²) in [4.78, 5) is 0. The third kappa shape index (κ3) is 2.99. The van der Waals surface area contributed by atoms with Gasteiger partial charge in [0.25, 0.3) is 0 Å². The zero-order valence-electron chi connectivity index (χ0n) is 10.0. The second-order valence-electron chi connectivity index (χ2n) is 4.17. The number of hydrogen-bond acceptors (Lipinski definition) is 6. The molecule has 0 aliphatic heterocycles. The van der Waals surface area contributed by atoms with Gasteiger partial charge in [0.15, 0.2) is 5.76 Å². The highest BCUT2D eigenvalue weighted by atomic mass is 16.5. The lowest BCUT2D eigenvalue weighted by molar-refractivity contribution is -0.0848. The lowest BCUT2D eigenvalue weighted by Gasteiger charge is -2.18. The minimum atomic E-state index is -1.54. The van der Waals surface area contributed by atoms with Crippen molar-refractivity contribution in [2.45, 2.75) is 18.3 Å². The van der Waals surface area contributed by atoms with Crippen molar-refractivity contribution in [3.63, 3.8) is 0 Å². The maximum Gasteiger partial charge on any atom is 0.168 e. The van der Waals surface area contributed by atoms with Crippen LogP contribution in [0.2, 0.25) is 0 Å². The van der Waals surface area contributed by atoms with Gasteiger partial charge in [-0.2, -0.15) is 0 Å². The smallest absolute Gasteiger partial charge is 0.168 e. The lowest BCUT2D eigenvalue weighted by atomic mass is 10.1. The fourth-order valence-corrected chi connectivity index (χ4v) is 1.66. The first-order valence-electron chi connectivity index (χ1n) is 5.80. The van der Waals surface area contributed by atoms with Crippen molar-refractivity contribution < 1.29 is 24.9 Å². The summed E-state index contributed by atoms with van der Waals surface area (Å²) in [5.74, 6) is 0.0267. The number of aliphatic hydroxyl groups excluding tert-OH is 4. The normalized spacial score (nSPS) is 16.0. The molecule has 0 unspecified atom stereocenters. The molecule has 3 atom stereocenters. The Balaban J connectivity index is 2.17. The van der Waals surface area contributed by atoms with E-state index in [-0.39, 0.29) is 5.76 Å². The zero-order chi connectivity index (χ0) is 13.8. The zero-order valence-corrected chi connectivity index (χ0v) is 10.0. The second-order valence-corrected chi connectivity index (χ2v) is 4.17. The van der Waals surface area contributed by atoms with Crippen molar-refractivity contribution in [2.24, 2.45) is 0 Å². The molecular weight excluding hydrogens is 250 g/mol. The van der Waals surface area contributed by atoms with Crippen LogP contribution in [0.1, 0.15) is 11.9 Å². The molecule has 0 saturated heterocycles. The summed E-state index contributed by atoms with van der Waals surface area (Å²) in [5.41, 5.74) is 1.32. The molecule has 102 valence electrons. The van der Waals surface area contributed by atoms with Crippen LogP contribution in [0.3, 0.4) is 0 Å². The number of rotatable bonds is 5. The number of hydrogen-bond donors (Lipinski definition) is 4. The molecule has 6 heteroatoms. The van der Waals surface area contributed by atoms with Crippen LogP contribution < -0.4 is 0 Å². The van der Waals surface area contributed by atoms with Crippen LogP contribution in [0, 0.1) is 0 Å². The van der Waals surface area contributed by atoms with E-state index >= 15 is 0 Å². The third-order valence-corrected chi connectivity index (χ3v) is 2.79. The van der Waals surface area contributed by atoms with E-state index in [0.29, 0.717) is 5.69 Å². The fourth-order valence-electron chi connectivity index (χ4n) is 1.66. The first kappa shape index (κ1) is 13.7. The number of aromatic nitrogens is 1. The average Bonchev–Trinajstić information content (AvgIpc) is 2.95. The Morgan fingerprint density at radius 2 is 1.79 bits per heavy atom.